The Labute approximate surface area is 224 Å². The fourth-order valence-corrected chi connectivity index (χ4v) is 3.54. The molecule has 0 saturated carbocycles. The van der Waals surface area contributed by atoms with E-state index < -0.39 is 17.7 Å². The Morgan fingerprint density at radius 1 is 1.05 bits per heavy atom. The van der Waals surface area contributed by atoms with Crippen LogP contribution in [0.2, 0.25) is 0 Å². The lowest BCUT2D eigenvalue weighted by Gasteiger charge is -2.32. The first-order valence-electron chi connectivity index (χ1n) is 13.0. The number of ether oxygens (including phenoxy) is 2. The van der Waals surface area contributed by atoms with E-state index in [4.69, 9.17) is 4.74 Å². The van der Waals surface area contributed by atoms with E-state index in [1.807, 2.05) is 41.7 Å². The standard InChI is InChI=1S/C16H23N5O3.C7H6F2O.2C2H6/c1-11-3-4-13(24-11)14(22)19-16-17-6-5-12(18-16)15(23)21-9-7-20(2)8-10-21;1-10-6-4-2-3-5(8)7(6)9;2*1-2/h5-6,11,13H,3-4,7-10H2,1-2H3,(H,17,18,19,22);2-4H,1H3;2*1-2H3. The number of hydrogen-bond donors (Lipinski definition) is 1. The number of hydrogen-bond acceptors (Lipinski definition) is 7. The number of nitrogens with zero attached hydrogens (tertiary/aromatic N) is 4. The number of nitrogens with one attached hydrogen (secondary N) is 1. The number of anilines is 1. The second-order valence-corrected chi connectivity index (χ2v) is 8.12. The van der Waals surface area contributed by atoms with E-state index in [-0.39, 0.29) is 29.6 Å². The van der Waals surface area contributed by atoms with Crippen molar-refractivity contribution in [3.63, 3.8) is 0 Å². The van der Waals surface area contributed by atoms with E-state index in [0.29, 0.717) is 25.2 Å². The molecule has 11 heteroatoms. The summed E-state index contributed by atoms with van der Waals surface area (Å²) in [6, 6.07) is 5.36. The van der Waals surface area contributed by atoms with Crippen molar-refractivity contribution in [2.75, 3.05) is 45.7 Å². The SMILES string of the molecule is CC.CC.CC1CCC(C(=O)Nc2nccc(C(=O)N3CCN(C)CC3)n2)O1.COc1cccc(F)c1F. The topological polar surface area (TPSA) is 96.9 Å². The first-order valence-corrected chi connectivity index (χ1v) is 13.0. The number of methoxy groups -OCH3 is 1. The van der Waals surface area contributed by atoms with Gasteiger partial charge in [-0.25, -0.2) is 14.4 Å². The minimum Gasteiger partial charge on any atom is -0.494 e. The Kier molecular flexibility index (Phi) is 15.0. The van der Waals surface area contributed by atoms with Crippen molar-refractivity contribution >= 4 is 17.8 Å². The van der Waals surface area contributed by atoms with Crippen LogP contribution in [0.15, 0.2) is 30.5 Å². The Balaban J connectivity index is 0.000000431. The summed E-state index contributed by atoms with van der Waals surface area (Å²) in [4.78, 5) is 36.9. The molecule has 2 aliphatic heterocycles. The van der Waals surface area contributed by atoms with Gasteiger partial charge in [-0.3, -0.25) is 14.9 Å². The van der Waals surface area contributed by atoms with Crippen molar-refractivity contribution in [2.24, 2.45) is 0 Å². The minimum absolute atomic E-state index is 0.0694. The molecule has 1 N–H and O–H groups in total. The monoisotopic (exact) mass is 537 g/mol. The lowest BCUT2D eigenvalue weighted by Crippen LogP contribution is -2.47. The molecular weight excluding hydrogens is 496 g/mol. The maximum absolute atomic E-state index is 12.5. The molecule has 3 heterocycles. The zero-order valence-corrected chi connectivity index (χ0v) is 23.5. The molecule has 2 fully saturated rings. The molecule has 2 aliphatic rings. The number of likely N-dealkylation sites (N-methyl/N-ethyl adjacent to an activating group) is 1. The molecule has 2 aromatic rings. The van der Waals surface area contributed by atoms with Gasteiger partial charge in [-0.1, -0.05) is 33.8 Å². The van der Waals surface area contributed by atoms with Crippen LogP contribution >= 0.6 is 0 Å². The van der Waals surface area contributed by atoms with Gasteiger partial charge in [0, 0.05) is 32.4 Å². The van der Waals surface area contributed by atoms with Crippen LogP contribution in [-0.2, 0) is 9.53 Å². The van der Waals surface area contributed by atoms with Crippen LogP contribution in [0.25, 0.3) is 0 Å². The molecule has 0 bridgehead atoms. The van der Waals surface area contributed by atoms with Crippen LogP contribution in [0.1, 0.15) is 57.9 Å². The maximum atomic E-state index is 12.5. The summed E-state index contributed by atoms with van der Waals surface area (Å²) in [6.07, 6.45) is 2.66. The Morgan fingerprint density at radius 2 is 1.71 bits per heavy atom. The molecule has 0 radical (unpaired) electrons. The van der Waals surface area contributed by atoms with Gasteiger partial charge in [0.15, 0.2) is 11.6 Å². The Hall–Kier alpha value is -3.18. The summed E-state index contributed by atoms with van der Waals surface area (Å²) in [5.41, 5.74) is 0.297. The predicted octanol–water partition coefficient (Wildman–Crippen LogP) is 4.40. The molecule has 1 aromatic carbocycles. The highest BCUT2D eigenvalue weighted by atomic mass is 19.2. The van der Waals surface area contributed by atoms with E-state index in [2.05, 4.69) is 24.9 Å². The molecule has 0 aliphatic carbocycles. The Bertz CT molecular complexity index is 1000. The molecule has 2 amide bonds. The van der Waals surface area contributed by atoms with Crippen molar-refractivity contribution in [3.05, 3.63) is 47.8 Å². The number of carbonyl (C=O) groups is 2. The number of aromatic nitrogens is 2. The second kappa shape index (κ2) is 17.4. The van der Waals surface area contributed by atoms with E-state index in [1.165, 1.54) is 25.4 Å². The quantitative estimate of drug-likeness (QED) is 0.618. The van der Waals surface area contributed by atoms with Crippen molar-refractivity contribution < 1.29 is 27.8 Å². The largest absolute Gasteiger partial charge is 0.494 e. The lowest BCUT2D eigenvalue weighted by molar-refractivity contribution is -0.126. The van der Waals surface area contributed by atoms with Crippen LogP contribution in [0.3, 0.4) is 0 Å². The smallest absolute Gasteiger partial charge is 0.272 e. The van der Waals surface area contributed by atoms with Crippen molar-refractivity contribution in [1.29, 1.82) is 0 Å². The predicted molar refractivity (Wildman–Crippen MR) is 143 cm³/mol. The number of halogens is 2. The van der Waals surface area contributed by atoms with E-state index in [0.717, 1.165) is 25.6 Å². The third-order valence-corrected chi connectivity index (χ3v) is 5.56. The van der Waals surface area contributed by atoms with Gasteiger partial charge in [-0.05, 0) is 45.0 Å². The van der Waals surface area contributed by atoms with Crippen LogP contribution in [0.4, 0.5) is 14.7 Å². The number of rotatable bonds is 4. The summed E-state index contributed by atoms with van der Waals surface area (Å²) in [5.74, 6) is -2.15. The highest BCUT2D eigenvalue weighted by Crippen LogP contribution is 2.20. The van der Waals surface area contributed by atoms with Gasteiger partial charge in [-0.2, -0.15) is 4.39 Å². The molecule has 38 heavy (non-hydrogen) atoms. The molecular formula is C27H41F2N5O4. The summed E-state index contributed by atoms with van der Waals surface area (Å²) >= 11 is 0. The van der Waals surface area contributed by atoms with E-state index >= 15 is 0 Å². The third-order valence-electron chi connectivity index (χ3n) is 5.56. The van der Waals surface area contributed by atoms with Crippen LogP contribution < -0.4 is 10.1 Å². The lowest BCUT2D eigenvalue weighted by atomic mass is 10.2. The molecule has 212 valence electrons. The van der Waals surface area contributed by atoms with Crippen LogP contribution in [-0.4, -0.2) is 84.1 Å². The second-order valence-electron chi connectivity index (χ2n) is 8.12. The molecule has 9 nitrogen and oxygen atoms in total. The van der Waals surface area contributed by atoms with Crippen molar-refractivity contribution in [3.8, 4) is 5.75 Å². The zero-order chi connectivity index (χ0) is 28.7. The molecule has 4 rings (SSSR count). The van der Waals surface area contributed by atoms with E-state index in [9.17, 15) is 18.4 Å². The summed E-state index contributed by atoms with van der Waals surface area (Å²) in [6.45, 7) is 13.0. The summed E-state index contributed by atoms with van der Waals surface area (Å²) < 4.78 is 34.9. The van der Waals surface area contributed by atoms with Crippen LogP contribution in [0.5, 0.6) is 5.75 Å². The number of benzene rings is 1. The Morgan fingerprint density at radius 3 is 2.26 bits per heavy atom. The van der Waals surface area contributed by atoms with Gasteiger partial charge in [0.2, 0.25) is 11.8 Å². The number of carbonyl (C=O) groups excluding carboxylic acids is 2. The van der Waals surface area contributed by atoms with Gasteiger partial charge in [0.25, 0.3) is 11.8 Å². The normalized spacial score (nSPS) is 18.5. The fourth-order valence-electron chi connectivity index (χ4n) is 3.54. The highest BCUT2D eigenvalue weighted by molar-refractivity contribution is 5.95. The summed E-state index contributed by atoms with van der Waals surface area (Å²) in [5, 5.41) is 2.64. The van der Waals surface area contributed by atoms with Gasteiger partial charge in [0.05, 0.1) is 13.2 Å². The van der Waals surface area contributed by atoms with E-state index in [1.54, 1.807) is 11.0 Å². The minimum atomic E-state index is -0.940. The first-order chi connectivity index (χ1) is 18.3. The molecule has 2 unspecified atom stereocenters. The van der Waals surface area contributed by atoms with Crippen LogP contribution in [0, 0.1) is 11.6 Å². The van der Waals surface area contributed by atoms with Gasteiger partial charge < -0.3 is 19.3 Å². The molecule has 1 aromatic heterocycles. The van der Waals surface area contributed by atoms with Gasteiger partial charge in [0.1, 0.15) is 11.8 Å². The molecule has 2 saturated heterocycles. The average Bonchev–Trinajstić information content (AvgIpc) is 3.39. The first kappa shape index (κ1) is 32.8. The number of amides is 2. The zero-order valence-electron chi connectivity index (χ0n) is 23.5. The number of piperazine rings is 1. The maximum Gasteiger partial charge on any atom is 0.272 e. The van der Waals surface area contributed by atoms with Crippen molar-refractivity contribution in [1.82, 2.24) is 19.8 Å². The van der Waals surface area contributed by atoms with Gasteiger partial charge in [-0.15, -0.1) is 0 Å². The van der Waals surface area contributed by atoms with Crippen molar-refractivity contribution in [2.45, 2.75) is 59.7 Å². The molecule has 0 spiro atoms. The van der Waals surface area contributed by atoms with Gasteiger partial charge >= 0.3 is 0 Å². The highest BCUT2D eigenvalue weighted by Gasteiger charge is 2.29. The third kappa shape index (κ3) is 9.94. The summed E-state index contributed by atoms with van der Waals surface area (Å²) in [7, 11) is 3.32. The fraction of sp³-hybridized carbons (Fsp3) is 0.556. The average molecular weight is 538 g/mol. The molecule has 2 atom stereocenters.